The number of aromatic nitrogens is 1. The summed E-state index contributed by atoms with van der Waals surface area (Å²) in [5.74, 6) is 0.808. The third-order valence-corrected chi connectivity index (χ3v) is 7.24. The van der Waals surface area contributed by atoms with Crippen LogP contribution in [-0.4, -0.2) is 89.8 Å². The number of likely N-dealkylation sites (tertiary alicyclic amines) is 1. The number of rotatable bonds is 3. The Labute approximate surface area is 200 Å². The Bertz CT molecular complexity index is 866. The average molecular weight is 480 g/mol. The molecule has 4 aliphatic rings. The number of hydrogen-bond donors (Lipinski definition) is 2. The topological polar surface area (TPSA) is 122 Å². The van der Waals surface area contributed by atoms with Crippen LogP contribution in [0.4, 0.5) is 0 Å². The maximum absolute atomic E-state index is 13.0. The summed E-state index contributed by atoms with van der Waals surface area (Å²) in [6.07, 6.45) is 5.59. The third kappa shape index (κ3) is 6.04. The summed E-state index contributed by atoms with van der Waals surface area (Å²) in [5, 5.41) is 13.8. The van der Waals surface area contributed by atoms with E-state index in [0.29, 0.717) is 24.4 Å². The second kappa shape index (κ2) is 11.9. The van der Waals surface area contributed by atoms with Crippen LogP contribution in [0, 0.1) is 5.92 Å². The number of nitrogens with zero attached hydrogens (tertiary/aromatic N) is 3. The Balaban J connectivity index is 0.000000492. The minimum atomic E-state index is -0.273. The van der Waals surface area contributed by atoms with E-state index in [1.165, 1.54) is 12.1 Å². The molecule has 2 bridgehead atoms. The van der Waals surface area contributed by atoms with Crippen molar-refractivity contribution in [2.75, 3.05) is 40.4 Å². The first kappa shape index (κ1) is 26.3. The van der Waals surface area contributed by atoms with Crippen LogP contribution in [0.15, 0.2) is 16.9 Å². The van der Waals surface area contributed by atoms with Crippen LogP contribution in [0.2, 0.25) is 0 Å². The monoisotopic (exact) mass is 479 g/mol. The minimum absolute atomic E-state index is 0.226. The van der Waals surface area contributed by atoms with E-state index in [-0.39, 0.29) is 24.3 Å². The predicted octanol–water partition coefficient (Wildman–Crippen LogP) is 1.42. The Morgan fingerprint density at radius 2 is 1.68 bits per heavy atom. The largest absolute Gasteiger partial charge is 0.483 e. The fourth-order valence-corrected chi connectivity index (χ4v) is 5.98. The molecular weight excluding hydrogens is 442 g/mol. The van der Waals surface area contributed by atoms with Gasteiger partial charge in [0, 0.05) is 62.2 Å². The average Bonchev–Trinajstić information content (AvgIpc) is 3.25. The van der Waals surface area contributed by atoms with Crippen molar-refractivity contribution in [3.8, 4) is 0 Å². The molecule has 1 spiro atoms. The highest BCUT2D eigenvalue weighted by atomic mass is 16.7. The summed E-state index contributed by atoms with van der Waals surface area (Å²) in [6, 6.07) is 4.92. The Kier molecular flexibility index (Phi) is 9.24. The van der Waals surface area contributed by atoms with E-state index in [9.17, 15) is 4.79 Å². The van der Waals surface area contributed by atoms with Crippen molar-refractivity contribution in [3.05, 3.63) is 33.7 Å². The van der Waals surface area contributed by atoms with Gasteiger partial charge in [0.1, 0.15) is 0 Å². The summed E-state index contributed by atoms with van der Waals surface area (Å²) >= 11 is 0. The maximum atomic E-state index is 13.0. The molecule has 2 atom stereocenters. The summed E-state index contributed by atoms with van der Waals surface area (Å²) < 4.78 is 13.9. The molecule has 10 heteroatoms. The molecule has 190 valence electrons. The number of pyridine rings is 1. The maximum Gasteiger partial charge on any atom is 0.290 e. The van der Waals surface area contributed by atoms with Gasteiger partial charge in [-0.05, 0) is 45.3 Å². The summed E-state index contributed by atoms with van der Waals surface area (Å²) in [5.41, 5.74) is 2.40. The molecule has 1 aromatic rings. The molecule has 0 unspecified atom stereocenters. The standard InChI is InChI=1S/C22H33N3O3.2CH2O2/c1-23(2)14-17-3-4-20-18-11-16(13-25(20)21(17)26)12-24(15-18)19-5-7-22(8-6-19)27-9-10-28-22;2*2-1-3/h3-4,16,18-19H,5-15H2,1-2H3;2*1H,(H,2,3)/t16-,18+;;/m0../s1. The molecule has 3 aliphatic heterocycles. The van der Waals surface area contributed by atoms with Crippen LogP contribution in [0.25, 0.3) is 0 Å². The second-order valence-corrected chi connectivity index (χ2v) is 9.74. The Hall–Kier alpha value is -2.27. The molecule has 5 rings (SSSR count). The van der Waals surface area contributed by atoms with Gasteiger partial charge in [-0.25, -0.2) is 0 Å². The number of carboxylic acid groups (broad SMARTS) is 2. The quantitative estimate of drug-likeness (QED) is 0.620. The van der Waals surface area contributed by atoms with Crippen molar-refractivity contribution in [3.63, 3.8) is 0 Å². The normalized spacial score (nSPS) is 25.5. The predicted molar refractivity (Wildman–Crippen MR) is 125 cm³/mol. The zero-order valence-electron chi connectivity index (χ0n) is 20.1. The van der Waals surface area contributed by atoms with Gasteiger partial charge in [-0.1, -0.05) is 6.07 Å². The number of ether oxygens (including phenoxy) is 2. The van der Waals surface area contributed by atoms with E-state index in [1.807, 2.05) is 14.1 Å². The lowest BCUT2D eigenvalue weighted by Crippen LogP contribution is -2.52. The molecule has 1 aliphatic carbocycles. The van der Waals surface area contributed by atoms with Gasteiger partial charge in [0.15, 0.2) is 5.79 Å². The zero-order valence-corrected chi connectivity index (χ0v) is 20.1. The number of hydrogen-bond acceptors (Lipinski definition) is 7. The SMILES string of the molecule is CN(C)Cc1ccc2n(c1=O)C[C@H]1C[C@@H]2CN(C2CCC3(CC2)OCCO3)C1.O=CO.O=CO. The molecule has 4 heterocycles. The van der Waals surface area contributed by atoms with E-state index in [4.69, 9.17) is 29.3 Å². The molecule has 1 aromatic heterocycles. The van der Waals surface area contributed by atoms with E-state index in [1.54, 1.807) is 0 Å². The van der Waals surface area contributed by atoms with Gasteiger partial charge in [0.25, 0.3) is 18.5 Å². The van der Waals surface area contributed by atoms with Gasteiger partial charge in [-0.3, -0.25) is 19.3 Å². The van der Waals surface area contributed by atoms with Crippen molar-refractivity contribution in [1.82, 2.24) is 14.4 Å². The van der Waals surface area contributed by atoms with Gasteiger partial charge in [-0.2, -0.15) is 0 Å². The van der Waals surface area contributed by atoms with Crippen molar-refractivity contribution in [2.24, 2.45) is 5.92 Å². The van der Waals surface area contributed by atoms with Crippen molar-refractivity contribution in [2.45, 2.75) is 62.9 Å². The zero-order chi connectivity index (χ0) is 24.7. The second-order valence-electron chi connectivity index (χ2n) is 9.74. The van der Waals surface area contributed by atoms with Gasteiger partial charge >= 0.3 is 0 Å². The van der Waals surface area contributed by atoms with Crippen molar-refractivity contribution >= 4 is 12.9 Å². The van der Waals surface area contributed by atoms with Crippen LogP contribution < -0.4 is 5.56 Å². The molecule has 0 aromatic carbocycles. The minimum Gasteiger partial charge on any atom is -0.483 e. The van der Waals surface area contributed by atoms with Crippen LogP contribution in [0.3, 0.4) is 0 Å². The molecular formula is C24H37N3O7. The first-order valence-corrected chi connectivity index (χ1v) is 11.9. The summed E-state index contributed by atoms with van der Waals surface area (Å²) in [6.45, 7) is 4.81. The van der Waals surface area contributed by atoms with Crippen LogP contribution in [0.5, 0.6) is 0 Å². The fourth-order valence-electron chi connectivity index (χ4n) is 5.98. The lowest BCUT2D eigenvalue weighted by Gasteiger charge is -2.48. The highest BCUT2D eigenvalue weighted by molar-refractivity contribution is 5.33. The molecule has 2 saturated heterocycles. The highest BCUT2D eigenvalue weighted by Crippen LogP contribution is 2.41. The van der Waals surface area contributed by atoms with Gasteiger partial charge in [0.05, 0.1) is 13.2 Å². The molecule has 0 amide bonds. The number of fused-ring (bicyclic) bond motifs is 4. The molecule has 3 fully saturated rings. The molecule has 10 nitrogen and oxygen atoms in total. The summed E-state index contributed by atoms with van der Waals surface area (Å²) in [4.78, 5) is 34.5. The first-order valence-electron chi connectivity index (χ1n) is 11.9. The first-order chi connectivity index (χ1) is 16.4. The molecule has 1 saturated carbocycles. The van der Waals surface area contributed by atoms with Crippen molar-refractivity contribution < 1.29 is 29.3 Å². The van der Waals surface area contributed by atoms with Gasteiger partial charge in [-0.15, -0.1) is 0 Å². The van der Waals surface area contributed by atoms with E-state index >= 15 is 0 Å². The molecule has 0 radical (unpaired) electrons. The van der Waals surface area contributed by atoms with Crippen LogP contribution >= 0.6 is 0 Å². The third-order valence-electron chi connectivity index (χ3n) is 7.24. The van der Waals surface area contributed by atoms with E-state index in [2.05, 4.69) is 26.5 Å². The highest BCUT2D eigenvalue weighted by Gasteiger charge is 2.44. The molecule has 34 heavy (non-hydrogen) atoms. The number of piperidine rings is 1. The Morgan fingerprint density at radius 3 is 2.26 bits per heavy atom. The number of carbonyl (C=O) groups is 2. The smallest absolute Gasteiger partial charge is 0.290 e. The lowest BCUT2D eigenvalue weighted by molar-refractivity contribution is -0.185. The Morgan fingerprint density at radius 1 is 1.06 bits per heavy atom. The molecule has 2 N–H and O–H groups in total. The van der Waals surface area contributed by atoms with Crippen LogP contribution in [-0.2, 0) is 32.2 Å². The van der Waals surface area contributed by atoms with Gasteiger partial charge < -0.3 is 29.2 Å². The van der Waals surface area contributed by atoms with E-state index in [0.717, 1.165) is 64.1 Å². The van der Waals surface area contributed by atoms with Crippen molar-refractivity contribution in [1.29, 1.82) is 0 Å². The fraction of sp³-hybridized carbons (Fsp3) is 0.708. The van der Waals surface area contributed by atoms with E-state index < -0.39 is 0 Å². The van der Waals surface area contributed by atoms with Crippen LogP contribution in [0.1, 0.15) is 49.3 Å². The lowest BCUT2D eigenvalue weighted by atomic mass is 9.80. The summed E-state index contributed by atoms with van der Waals surface area (Å²) in [7, 11) is 4.04. The van der Waals surface area contributed by atoms with Gasteiger partial charge in [0.2, 0.25) is 0 Å².